The third-order valence-electron chi connectivity index (χ3n) is 3.53. The molecule has 0 saturated heterocycles. The van der Waals surface area contributed by atoms with E-state index in [1.165, 1.54) is 14.2 Å². The number of hydrogen-bond acceptors (Lipinski definition) is 6. The van der Waals surface area contributed by atoms with Crippen LogP contribution in [0.5, 0.6) is 5.75 Å². The van der Waals surface area contributed by atoms with Gasteiger partial charge in [-0.15, -0.1) is 0 Å². The molecule has 2 rings (SSSR count). The van der Waals surface area contributed by atoms with Gasteiger partial charge in [0.2, 0.25) is 0 Å². The van der Waals surface area contributed by atoms with Gasteiger partial charge in [0.05, 0.1) is 25.8 Å². The summed E-state index contributed by atoms with van der Waals surface area (Å²) in [6.07, 6.45) is 0. The minimum Gasteiger partial charge on any atom is -0.482 e. The predicted molar refractivity (Wildman–Crippen MR) is 95.3 cm³/mol. The highest BCUT2D eigenvalue weighted by atomic mass is 35.5. The van der Waals surface area contributed by atoms with Crippen LogP contribution in [0.1, 0.15) is 18.5 Å². The number of thiocarbonyl (C=S) groups is 1. The molecule has 1 aliphatic heterocycles. The summed E-state index contributed by atoms with van der Waals surface area (Å²) in [6.45, 7) is 1.43. The van der Waals surface area contributed by atoms with E-state index in [1.54, 1.807) is 25.1 Å². The number of hydrogen-bond donors (Lipinski definition) is 2. The fourth-order valence-corrected chi connectivity index (χ4v) is 2.83. The smallest absolute Gasteiger partial charge is 0.343 e. The van der Waals surface area contributed by atoms with Gasteiger partial charge < -0.3 is 24.8 Å². The van der Waals surface area contributed by atoms with E-state index in [9.17, 15) is 9.59 Å². The maximum atomic E-state index is 12.2. The molecule has 1 aliphatic rings. The van der Waals surface area contributed by atoms with Crippen molar-refractivity contribution in [2.45, 2.75) is 13.0 Å². The lowest BCUT2D eigenvalue weighted by molar-refractivity contribution is -0.143. The van der Waals surface area contributed by atoms with Crippen LogP contribution in [0.2, 0.25) is 5.02 Å². The summed E-state index contributed by atoms with van der Waals surface area (Å²) in [7, 11) is 2.56. The molecule has 0 amide bonds. The van der Waals surface area contributed by atoms with Crippen LogP contribution in [0.4, 0.5) is 0 Å². The number of carbonyl (C=O) groups excluding carboxylic acids is 2. The Morgan fingerprint density at radius 2 is 2.00 bits per heavy atom. The molecular formula is C16H17ClN2O5S. The van der Waals surface area contributed by atoms with Gasteiger partial charge in [0, 0.05) is 16.3 Å². The number of nitrogens with one attached hydrogen (secondary N) is 2. The number of carbonyl (C=O) groups is 2. The van der Waals surface area contributed by atoms with Crippen LogP contribution in [-0.2, 0) is 19.1 Å². The first-order valence-corrected chi connectivity index (χ1v) is 8.01. The summed E-state index contributed by atoms with van der Waals surface area (Å²) in [6, 6.07) is 4.21. The molecule has 9 heteroatoms. The van der Waals surface area contributed by atoms with Crippen molar-refractivity contribution in [1.82, 2.24) is 10.6 Å². The highest BCUT2D eigenvalue weighted by Gasteiger charge is 2.32. The third kappa shape index (κ3) is 4.40. The van der Waals surface area contributed by atoms with Crippen molar-refractivity contribution in [1.29, 1.82) is 0 Å². The Morgan fingerprint density at radius 1 is 1.28 bits per heavy atom. The van der Waals surface area contributed by atoms with Gasteiger partial charge in [0.25, 0.3) is 0 Å². The molecule has 0 bridgehead atoms. The quantitative estimate of drug-likeness (QED) is 0.587. The SMILES string of the molecule is COC(=O)COc1ccc(Cl)cc1[C@H]1NC(=S)NC(C)=C1C(=O)OC. The molecule has 134 valence electrons. The van der Waals surface area contributed by atoms with Crippen molar-refractivity contribution in [2.24, 2.45) is 0 Å². The molecule has 7 nitrogen and oxygen atoms in total. The molecule has 2 N–H and O–H groups in total. The fourth-order valence-electron chi connectivity index (χ4n) is 2.38. The second kappa shape index (κ2) is 8.17. The summed E-state index contributed by atoms with van der Waals surface area (Å²) in [4.78, 5) is 23.6. The summed E-state index contributed by atoms with van der Waals surface area (Å²) in [5, 5.41) is 6.67. The number of allylic oxidation sites excluding steroid dienone is 1. The van der Waals surface area contributed by atoms with Crippen LogP contribution in [0, 0.1) is 0 Å². The molecular weight excluding hydrogens is 368 g/mol. The van der Waals surface area contributed by atoms with Crippen LogP contribution >= 0.6 is 23.8 Å². The maximum absolute atomic E-state index is 12.2. The molecule has 0 fully saturated rings. The van der Waals surface area contributed by atoms with Gasteiger partial charge >= 0.3 is 11.9 Å². The van der Waals surface area contributed by atoms with E-state index in [1.807, 2.05) is 0 Å². The van der Waals surface area contributed by atoms with Crippen LogP contribution in [0.3, 0.4) is 0 Å². The van der Waals surface area contributed by atoms with Crippen LogP contribution < -0.4 is 15.4 Å². The molecule has 1 heterocycles. The average molecular weight is 385 g/mol. The lowest BCUT2D eigenvalue weighted by atomic mass is 9.95. The number of esters is 2. The molecule has 0 saturated carbocycles. The van der Waals surface area contributed by atoms with Crippen molar-refractivity contribution in [2.75, 3.05) is 20.8 Å². The van der Waals surface area contributed by atoms with Gasteiger partial charge in [-0.25, -0.2) is 9.59 Å². The molecule has 0 aliphatic carbocycles. The number of methoxy groups -OCH3 is 2. The molecule has 0 aromatic heterocycles. The van der Waals surface area contributed by atoms with Gasteiger partial charge in [0.15, 0.2) is 11.7 Å². The minimum atomic E-state index is -0.646. The highest BCUT2D eigenvalue weighted by Crippen LogP contribution is 2.35. The molecule has 1 aromatic rings. The average Bonchev–Trinajstić information content (AvgIpc) is 2.58. The van der Waals surface area contributed by atoms with E-state index >= 15 is 0 Å². The van der Waals surface area contributed by atoms with E-state index in [0.29, 0.717) is 32.7 Å². The second-order valence-corrected chi connectivity index (χ2v) is 5.95. The van der Waals surface area contributed by atoms with Crippen LogP contribution in [-0.4, -0.2) is 37.9 Å². The lowest BCUT2D eigenvalue weighted by Gasteiger charge is -2.30. The predicted octanol–water partition coefficient (Wildman–Crippen LogP) is 1.86. The van der Waals surface area contributed by atoms with Crippen molar-refractivity contribution in [3.8, 4) is 5.75 Å². The Balaban J connectivity index is 2.48. The van der Waals surface area contributed by atoms with Crippen LogP contribution in [0.15, 0.2) is 29.5 Å². The molecule has 0 unspecified atom stereocenters. The van der Waals surface area contributed by atoms with E-state index in [4.69, 9.17) is 33.3 Å². The lowest BCUT2D eigenvalue weighted by Crippen LogP contribution is -2.45. The molecule has 25 heavy (non-hydrogen) atoms. The largest absolute Gasteiger partial charge is 0.482 e. The first-order valence-electron chi connectivity index (χ1n) is 7.23. The van der Waals surface area contributed by atoms with Crippen molar-refractivity contribution < 1.29 is 23.8 Å². The van der Waals surface area contributed by atoms with Gasteiger partial charge in [-0.2, -0.15) is 0 Å². The van der Waals surface area contributed by atoms with Gasteiger partial charge in [-0.05, 0) is 37.3 Å². The summed E-state index contributed by atoms with van der Waals surface area (Å²) < 4.78 is 15.0. The van der Waals surface area contributed by atoms with Gasteiger partial charge in [-0.3, -0.25) is 0 Å². The molecule has 1 aromatic carbocycles. The maximum Gasteiger partial charge on any atom is 0.343 e. The van der Waals surface area contributed by atoms with Crippen molar-refractivity contribution in [3.05, 3.63) is 40.1 Å². The van der Waals surface area contributed by atoms with Crippen LogP contribution in [0.25, 0.3) is 0 Å². The Kier molecular flexibility index (Phi) is 6.22. The number of halogens is 1. The highest BCUT2D eigenvalue weighted by molar-refractivity contribution is 7.80. The van der Waals surface area contributed by atoms with E-state index in [-0.39, 0.29) is 6.61 Å². The first-order chi connectivity index (χ1) is 11.9. The molecule has 1 atom stereocenters. The minimum absolute atomic E-state index is 0.281. The first kappa shape index (κ1) is 19.0. The van der Waals surface area contributed by atoms with Crippen molar-refractivity contribution in [3.63, 3.8) is 0 Å². The fraction of sp³-hybridized carbons (Fsp3) is 0.312. The zero-order chi connectivity index (χ0) is 18.6. The number of benzene rings is 1. The third-order valence-corrected chi connectivity index (χ3v) is 3.99. The van der Waals surface area contributed by atoms with Gasteiger partial charge in [0.1, 0.15) is 5.75 Å². The summed E-state index contributed by atoms with van der Waals surface area (Å²) >= 11 is 11.3. The Morgan fingerprint density at radius 3 is 2.64 bits per heavy atom. The molecule has 0 radical (unpaired) electrons. The van der Waals surface area contributed by atoms with E-state index < -0.39 is 18.0 Å². The topological polar surface area (TPSA) is 85.9 Å². The Bertz CT molecular complexity index is 750. The zero-order valence-electron chi connectivity index (χ0n) is 13.8. The Hall–Kier alpha value is -2.32. The number of rotatable bonds is 5. The summed E-state index contributed by atoms with van der Waals surface area (Å²) in [5.41, 5.74) is 1.43. The normalized spacial score (nSPS) is 16.6. The monoisotopic (exact) mass is 384 g/mol. The molecule has 0 spiro atoms. The Labute approximate surface area is 155 Å². The summed E-state index contributed by atoms with van der Waals surface area (Å²) in [5.74, 6) is -0.690. The second-order valence-electron chi connectivity index (χ2n) is 5.11. The van der Waals surface area contributed by atoms with E-state index in [2.05, 4.69) is 15.4 Å². The zero-order valence-corrected chi connectivity index (χ0v) is 15.4. The standard InChI is InChI=1S/C16H17ClN2O5S/c1-8-13(15(21)23-3)14(19-16(25)18-8)10-6-9(17)4-5-11(10)24-7-12(20)22-2/h4-6,14H,7H2,1-3H3,(H2,18,19,25)/t14-/m1/s1. The number of ether oxygens (including phenoxy) is 3. The van der Waals surface area contributed by atoms with E-state index in [0.717, 1.165) is 0 Å². The van der Waals surface area contributed by atoms with Gasteiger partial charge in [-0.1, -0.05) is 11.6 Å². The van der Waals surface area contributed by atoms with Crippen molar-refractivity contribution >= 4 is 40.9 Å².